The van der Waals surface area contributed by atoms with Gasteiger partial charge in [-0.15, -0.1) is 0 Å². The van der Waals surface area contributed by atoms with Crippen LogP contribution >= 0.6 is 0 Å². The van der Waals surface area contributed by atoms with Crippen LogP contribution in [0, 0.1) is 63.1 Å². The van der Waals surface area contributed by atoms with Crippen LogP contribution in [0.25, 0.3) is 0 Å². The monoisotopic (exact) mass is 426 g/mol. The van der Waals surface area contributed by atoms with Gasteiger partial charge in [-0.2, -0.15) is 0 Å². The lowest BCUT2D eigenvalue weighted by Crippen LogP contribution is -2.64. The highest BCUT2D eigenvalue weighted by atomic mass is 16.3. The van der Waals surface area contributed by atoms with Crippen molar-refractivity contribution < 1.29 is 5.11 Å². The quantitative estimate of drug-likeness (QED) is 0.390. The standard InChI is InChI=1S/C30H50O/c1-18-17-19(2)21-11-15-29(7)22(26(21)20(18)3)9-10-24-28(6)14-13-25(31)27(4,5)23(28)12-16-30(24,29)8/h9,18-21,23-26,31H,10-17H2,1-8H3/t18-,19+,20+,21-,23-,24-,25-,26+,28-,29+,30-/m0/s1. The van der Waals surface area contributed by atoms with Crippen molar-refractivity contribution in [2.24, 2.45) is 63.1 Å². The van der Waals surface area contributed by atoms with Crippen LogP contribution in [0.4, 0.5) is 0 Å². The van der Waals surface area contributed by atoms with E-state index in [1.807, 2.05) is 5.57 Å². The Kier molecular flexibility index (Phi) is 4.98. The largest absolute Gasteiger partial charge is 0.393 e. The number of fused-ring (bicyclic) bond motifs is 7. The Labute approximate surface area is 192 Å². The lowest BCUT2D eigenvalue weighted by atomic mass is 9.34. The molecule has 1 N–H and O–H groups in total. The van der Waals surface area contributed by atoms with Gasteiger partial charge in [0.2, 0.25) is 0 Å². The first-order valence-corrected chi connectivity index (χ1v) is 13.8. The van der Waals surface area contributed by atoms with Gasteiger partial charge < -0.3 is 5.11 Å². The molecule has 0 heterocycles. The topological polar surface area (TPSA) is 20.2 Å². The SMILES string of the molecule is C[C@H]1[C@H]2C3=CC[C@H]4[C@@]5(C)CC[C@H](O)C(C)(C)[C@@H]5CC[C@]4(C)[C@]3(C)CC[C@H]2[C@H](C)C[C@@H]1C. The maximum atomic E-state index is 10.9. The summed E-state index contributed by atoms with van der Waals surface area (Å²) in [6.07, 6.45) is 13.1. The third kappa shape index (κ3) is 2.71. The highest BCUT2D eigenvalue weighted by molar-refractivity contribution is 5.32. The van der Waals surface area contributed by atoms with Crippen molar-refractivity contribution in [2.75, 3.05) is 0 Å². The molecule has 11 atom stereocenters. The zero-order valence-electron chi connectivity index (χ0n) is 21.8. The highest BCUT2D eigenvalue weighted by Gasteiger charge is 2.67. The van der Waals surface area contributed by atoms with Crippen LogP contribution in [-0.2, 0) is 0 Å². The summed E-state index contributed by atoms with van der Waals surface area (Å²) in [5.74, 6) is 5.75. The Hall–Kier alpha value is -0.300. The van der Waals surface area contributed by atoms with Crippen molar-refractivity contribution in [3.63, 3.8) is 0 Å². The molecular formula is C30H50O. The average molecular weight is 427 g/mol. The van der Waals surface area contributed by atoms with E-state index in [1.54, 1.807) is 0 Å². The molecule has 0 aromatic rings. The number of hydrogen-bond acceptors (Lipinski definition) is 1. The van der Waals surface area contributed by atoms with Crippen LogP contribution < -0.4 is 0 Å². The van der Waals surface area contributed by atoms with Gasteiger partial charge in [-0.1, -0.05) is 67.0 Å². The van der Waals surface area contributed by atoms with Gasteiger partial charge in [-0.05, 0) is 114 Å². The first-order chi connectivity index (χ1) is 14.4. The van der Waals surface area contributed by atoms with Gasteiger partial charge in [-0.3, -0.25) is 0 Å². The summed E-state index contributed by atoms with van der Waals surface area (Å²) >= 11 is 0. The number of allylic oxidation sites excluding steroid dienone is 2. The molecule has 0 unspecified atom stereocenters. The summed E-state index contributed by atoms with van der Waals surface area (Å²) in [6, 6.07) is 0. The smallest absolute Gasteiger partial charge is 0.0594 e. The summed E-state index contributed by atoms with van der Waals surface area (Å²) in [4.78, 5) is 0. The second-order valence-corrected chi connectivity index (χ2v) is 14.4. The van der Waals surface area contributed by atoms with E-state index >= 15 is 0 Å². The molecule has 5 aliphatic carbocycles. The van der Waals surface area contributed by atoms with Gasteiger partial charge in [0.05, 0.1) is 6.10 Å². The Morgan fingerprint density at radius 1 is 0.839 bits per heavy atom. The number of hydrogen-bond donors (Lipinski definition) is 1. The first-order valence-electron chi connectivity index (χ1n) is 13.8. The molecule has 4 fully saturated rings. The predicted molar refractivity (Wildman–Crippen MR) is 131 cm³/mol. The molecule has 0 saturated heterocycles. The first kappa shape index (κ1) is 22.5. The second-order valence-electron chi connectivity index (χ2n) is 14.4. The fourth-order valence-electron chi connectivity index (χ4n) is 11.0. The normalized spacial score (nSPS) is 58.3. The molecule has 0 spiro atoms. The molecular weight excluding hydrogens is 376 g/mol. The zero-order valence-corrected chi connectivity index (χ0v) is 21.8. The molecule has 1 heteroatoms. The molecule has 5 rings (SSSR count). The van der Waals surface area contributed by atoms with Gasteiger partial charge >= 0.3 is 0 Å². The maximum absolute atomic E-state index is 10.9. The Morgan fingerprint density at radius 3 is 2.26 bits per heavy atom. The molecule has 4 saturated carbocycles. The van der Waals surface area contributed by atoms with Gasteiger partial charge in [0.25, 0.3) is 0 Å². The molecule has 0 amide bonds. The Bertz CT molecular complexity index is 764. The van der Waals surface area contributed by atoms with Crippen LogP contribution in [0.2, 0.25) is 0 Å². The molecule has 0 aromatic heterocycles. The van der Waals surface area contributed by atoms with Gasteiger partial charge in [0.1, 0.15) is 0 Å². The predicted octanol–water partition coefficient (Wildman–Crippen LogP) is 7.88. The molecule has 5 aliphatic rings. The third-order valence-electron chi connectivity index (χ3n) is 13.2. The molecule has 0 bridgehead atoms. The van der Waals surface area contributed by atoms with Crippen molar-refractivity contribution in [1.82, 2.24) is 0 Å². The second kappa shape index (κ2) is 6.86. The van der Waals surface area contributed by atoms with Crippen LogP contribution in [-0.4, -0.2) is 11.2 Å². The maximum Gasteiger partial charge on any atom is 0.0594 e. The van der Waals surface area contributed by atoms with E-state index in [0.717, 1.165) is 41.9 Å². The van der Waals surface area contributed by atoms with E-state index in [9.17, 15) is 5.11 Å². The third-order valence-corrected chi connectivity index (χ3v) is 13.2. The molecule has 0 radical (unpaired) electrons. The van der Waals surface area contributed by atoms with Crippen molar-refractivity contribution in [1.29, 1.82) is 0 Å². The minimum atomic E-state index is -0.123. The zero-order chi connectivity index (χ0) is 22.6. The summed E-state index contributed by atoms with van der Waals surface area (Å²) in [7, 11) is 0. The lowest BCUT2D eigenvalue weighted by Gasteiger charge is -2.71. The van der Waals surface area contributed by atoms with Crippen molar-refractivity contribution in [3.8, 4) is 0 Å². The van der Waals surface area contributed by atoms with E-state index in [4.69, 9.17) is 0 Å². The summed E-state index contributed by atoms with van der Waals surface area (Å²) in [5, 5.41) is 10.9. The van der Waals surface area contributed by atoms with E-state index in [2.05, 4.69) is 61.5 Å². The summed E-state index contributed by atoms with van der Waals surface area (Å²) in [5.41, 5.74) is 3.10. The van der Waals surface area contributed by atoms with E-state index in [0.29, 0.717) is 22.2 Å². The number of aliphatic hydroxyl groups is 1. The van der Waals surface area contributed by atoms with Crippen LogP contribution in [0.3, 0.4) is 0 Å². The lowest BCUT2D eigenvalue weighted by molar-refractivity contribution is -0.201. The Morgan fingerprint density at radius 2 is 1.55 bits per heavy atom. The average Bonchev–Trinajstić information content (AvgIpc) is 2.69. The van der Waals surface area contributed by atoms with Gasteiger partial charge in [0, 0.05) is 0 Å². The van der Waals surface area contributed by atoms with Crippen LogP contribution in [0.1, 0.15) is 107 Å². The van der Waals surface area contributed by atoms with Crippen molar-refractivity contribution >= 4 is 0 Å². The van der Waals surface area contributed by atoms with Gasteiger partial charge in [-0.25, -0.2) is 0 Å². The van der Waals surface area contributed by atoms with Crippen molar-refractivity contribution in [2.45, 2.75) is 113 Å². The molecule has 0 aromatic carbocycles. The van der Waals surface area contributed by atoms with Crippen molar-refractivity contribution in [3.05, 3.63) is 11.6 Å². The van der Waals surface area contributed by atoms with Crippen LogP contribution in [0.15, 0.2) is 11.6 Å². The highest BCUT2D eigenvalue weighted by Crippen LogP contribution is 2.74. The van der Waals surface area contributed by atoms with Gasteiger partial charge in [0.15, 0.2) is 0 Å². The van der Waals surface area contributed by atoms with E-state index < -0.39 is 0 Å². The summed E-state index contributed by atoms with van der Waals surface area (Å²) < 4.78 is 0. The minimum Gasteiger partial charge on any atom is -0.393 e. The number of aliphatic hydroxyl groups excluding tert-OH is 1. The molecule has 176 valence electrons. The molecule has 1 nitrogen and oxygen atoms in total. The number of rotatable bonds is 0. The van der Waals surface area contributed by atoms with E-state index in [-0.39, 0.29) is 11.5 Å². The molecule has 0 aliphatic heterocycles. The Balaban J connectivity index is 1.57. The molecule has 31 heavy (non-hydrogen) atoms. The van der Waals surface area contributed by atoms with Crippen LogP contribution in [0.5, 0.6) is 0 Å². The summed E-state index contributed by atoms with van der Waals surface area (Å²) in [6.45, 7) is 20.4. The fourth-order valence-corrected chi connectivity index (χ4v) is 11.0. The minimum absolute atomic E-state index is 0.0552. The fraction of sp³-hybridized carbons (Fsp3) is 0.933. The van der Waals surface area contributed by atoms with E-state index in [1.165, 1.54) is 44.9 Å².